The lowest BCUT2D eigenvalue weighted by Gasteiger charge is -2.30. The van der Waals surface area contributed by atoms with Gasteiger partial charge in [-0.25, -0.2) is 0 Å². The van der Waals surface area contributed by atoms with Crippen LogP contribution in [-0.4, -0.2) is 0 Å². The van der Waals surface area contributed by atoms with Gasteiger partial charge < -0.3 is 0 Å². The minimum Gasteiger partial charge on any atom is -0.0796 e. The summed E-state index contributed by atoms with van der Waals surface area (Å²) < 4.78 is 0. The monoisotopic (exact) mass is 210 g/mol. The van der Waals surface area contributed by atoms with Crippen LogP contribution < -0.4 is 0 Å². The maximum Gasteiger partial charge on any atom is 0.00954 e. The average molecular weight is 210 g/mol. The molecule has 0 N–H and O–H groups in total. The SMILES string of the molecule is Cc1cccc2c1C(C)(C)C1C=CC=CC21. The second kappa shape index (κ2) is 3.10. The van der Waals surface area contributed by atoms with Crippen LogP contribution in [0.4, 0.5) is 0 Å². The lowest BCUT2D eigenvalue weighted by molar-refractivity contribution is 0.393. The molecule has 82 valence electrons. The van der Waals surface area contributed by atoms with E-state index in [9.17, 15) is 0 Å². The Morgan fingerprint density at radius 2 is 1.81 bits per heavy atom. The highest BCUT2D eigenvalue weighted by Crippen LogP contribution is 2.53. The molecule has 2 atom stereocenters. The van der Waals surface area contributed by atoms with Crippen molar-refractivity contribution in [2.24, 2.45) is 5.92 Å². The Morgan fingerprint density at radius 3 is 2.62 bits per heavy atom. The zero-order chi connectivity index (χ0) is 11.3. The number of aryl methyl sites for hydroxylation is 1. The Balaban J connectivity index is 2.28. The average Bonchev–Trinajstić information content (AvgIpc) is 2.50. The van der Waals surface area contributed by atoms with Crippen molar-refractivity contribution in [1.29, 1.82) is 0 Å². The Kier molecular flexibility index (Phi) is 1.92. The van der Waals surface area contributed by atoms with Crippen LogP contribution in [0.25, 0.3) is 0 Å². The van der Waals surface area contributed by atoms with E-state index in [0.717, 1.165) is 0 Å². The van der Waals surface area contributed by atoms with Gasteiger partial charge in [-0.3, -0.25) is 0 Å². The fourth-order valence-corrected chi connectivity index (χ4v) is 3.61. The third kappa shape index (κ3) is 1.10. The summed E-state index contributed by atoms with van der Waals surface area (Å²) in [7, 11) is 0. The van der Waals surface area contributed by atoms with Crippen molar-refractivity contribution in [2.45, 2.75) is 32.1 Å². The van der Waals surface area contributed by atoms with Gasteiger partial charge in [0.25, 0.3) is 0 Å². The third-order valence-electron chi connectivity index (χ3n) is 4.28. The van der Waals surface area contributed by atoms with E-state index in [-0.39, 0.29) is 5.41 Å². The Bertz CT molecular complexity index is 489. The molecule has 2 aliphatic carbocycles. The van der Waals surface area contributed by atoms with Crippen LogP contribution in [0.5, 0.6) is 0 Å². The van der Waals surface area contributed by atoms with E-state index in [1.807, 2.05) is 0 Å². The highest BCUT2D eigenvalue weighted by molar-refractivity contribution is 5.52. The molecule has 1 aromatic carbocycles. The quantitative estimate of drug-likeness (QED) is 0.604. The van der Waals surface area contributed by atoms with Crippen molar-refractivity contribution in [3.8, 4) is 0 Å². The molecule has 0 radical (unpaired) electrons. The molecule has 0 bridgehead atoms. The number of fused-ring (bicyclic) bond motifs is 3. The first-order valence-corrected chi connectivity index (χ1v) is 6.07. The van der Waals surface area contributed by atoms with E-state index in [2.05, 4.69) is 63.3 Å². The van der Waals surface area contributed by atoms with Gasteiger partial charge in [0, 0.05) is 5.92 Å². The largest absolute Gasteiger partial charge is 0.0796 e. The lowest BCUT2D eigenvalue weighted by Crippen LogP contribution is -2.25. The van der Waals surface area contributed by atoms with E-state index in [0.29, 0.717) is 11.8 Å². The summed E-state index contributed by atoms with van der Waals surface area (Å²) in [4.78, 5) is 0. The molecule has 0 saturated carbocycles. The summed E-state index contributed by atoms with van der Waals surface area (Å²) in [6.45, 7) is 7.01. The maximum atomic E-state index is 2.38. The summed E-state index contributed by atoms with van der Waals surface area (Å²) in [5.74, 6) is 1.23. The van der Waals surface area contributed by atoms with Crippen LogP contribution in [0.3, 0.4) is 0 Å². The molecule has 0 heterocycles. The van der Waals surface area contributed by atoms with Crippen molar-refractivity contribution in [3.63, 3.8) is 0 Å². The van der Waals surface area contributed by atoms with E-state index in [4.69, 9.17) is 0 Å². The molecule has 0 aliphatic heterocycles. The minimum absolute atomic E-state index is 0.270. The Morgan fingerprint density at radius 1 is 1.06 bits per heavy atom. The van der Waals surface area contributed by atoms with Gasteiger partial charge in [0.05, 0.1) is 0 Å². The zero-order valence-corrected chi connectivity index (χ0v) is 10.2. The number of hydrogen-bond donors (Lipinski definition) is 0. The van der Waals surface area contributed by atoms with E-state index in [1.165, 1.54) is 11.1 Å². The second-order valence-electron chi connectivity index (χ2n) is 5.58. The molecule has 0 saturated heterocycles. The van der Waals surface area contributed by atoms with Gasteiger partial charge in [0.2, 0.25) is 0 Å². The lowest BCUT2D eigenvalue weighted by atomic mass is 9.74. The molecule has 2 aliphatic rings. The van der Waals surface area contributed by atoms with Crippen LogP contribution in [0, 0.1) is 12.8 Å². The maximum absolute atomic E-state index is 2.38. The first kappa shape index (κ1) is 9.89. The number of allylic oxidation sites excluding steroid dienone is 4. The molecule has 0 nitrogen and oxygen atoms in total. The van der Waals surface area contributed by atoms with E-state index < -0.39 is 0 Å². The first-order chi connectivity index (χ1) is 7.62. The third-order valence-corrected chi connectivity index (χ3v) is 4.28. The first-order valence-electron chi connectivity index (χ1n) is 6.07. The fraction of sp³-hybridized carbons (Fsp3) is 0.375. The molecule has 3 rings (SSSR count). The van der Waals surface area contributed by atoms with Gasteiger partial charge in [0.1, 0.15) is 0 Å². The predicted octanol–water partition coefficient (Wildman–Crippen LogP) is 4.11. The van der Waals surface area contributed by atoms with Crippen LogP contribution in [0.2, 0.25) is 0 Å². The normalized spacial score (nSPS) is 28.9. The molecule has 16 heavy (non-hydrogen) atoms. The van der Waals surface area contributed by atoms with E-state index in [1.54, 1.807) is 5.56 Å². The molecule has 2 unspecified atom stereocenters. The van der Waals surface area contributed by atoms with Gasteiger partial charge in [-0.2, -0.15) is 0 Å². The van der Waals surface area contributed by atoms with Crippen LogP contribution in [-0.2, 0) is 5.41 Å². The van der Waals surface area contributed by atoms with Gasteiger partial charge in [0.15, 0.2) is 0 Å². The molecule has 0 spiro atoms. The predicted molar refractivity (Wildman–Crippen MR) is 68.7 cm³/mol. The van der Waals surface area contributed by atoms with Crippen molar-refractivity contribution in [3.05, 3.63) is 59.2 Å². The summed E-state index contributed by atoms with van der Waals surface area (Å²) >= 11 is 0. The van der Waals surface area contributed by atoms with Gasteiger partial charge in [-0.1, -0.05) is 56.4 Å². The molecule has 0 amide bonds. The summed E-state index contributed by atoms with van der Waals surface area (Å²) in [6.07, 6.45) is 9.13. The standard InChI is InChI=1S/C16H18/c1-11-7-6-9-13-12-8-4-5-10-14(12)16(2,3)15(11)13/h4-10,12,14H,1-3H3. The van der Waals surface area contributed by atoms with Crippen LogP contribution in [0.1, 0.15) is 36.5 Å². The van der Waals surface area contributed by atoms with Crippen LogP contribution >= 0.6 is 0 Å². The van der Waals surface area contributed by atoms with Crippen molar-refractivity contribution < 1.29 is 0 Å². The second-order valence-corrected chi connectivity index (χ2v) is 5.58. The Labute approximate surface area is 97.7 Å². The topological polar surface area (TPSA) is 0 Å². The fourth-order valence-electron chi connectivity index (χ4n) is 3.61. The highest BCUT2D eigenvalue weighted by atomic mass is 14.5. The molecular weight excluding hydrogens is 192 g/mol. The smallest absolute Gasteiger partial charge is 0.00954 e. The van der Waals surface area contributed by atoms with Crippen molar-refractivity contribution in [1.82, 2.24) is 0 Å². The van der Waals surface area contributed by atoms with Crippen molar-refractivity contribution in [2.75, 3.05) is 0 Å². The van der Waals surface area contributed by atoms with Gasteiger partial charge in [-0.15, -0.1) is 0 Å². The van der Waals surface area contributed by atoms with E-state index >= 15 is 0 Å². The minimum atomic E-state index is 0.270. The number of hydrogen-bond acceptors (Lipinski definition) is 0. The summed E-state index contributed by atoms with van der Waals surface area (Å²) in [5.41, 5.74) is 4.82. The summed E-state index contributed by atoms with van der Waals surface area (Å²) in [6, 6.07) is 6.74. The Hall–Kier alpha value is -1.30. The molecule has 1 aromatic rings. The highest BCUT2D eigenvalue weighted by Gasteiger charge is 2.44. The molecule has 0 heteroatoms. The van der Waals surface area contributed by atoms with Gasteiger partial charge in [-0.05, 0) is 34.9 Å². The number of benzene rings is 1. The van der Waals surface area contributed by atoms with Gasteiger partial charge >= 0.3 is 0 Å². The number of rotatable bonds is 0. The zero-order valence-electron chi connectivity index (χ0n) is 10.2. The van der Waals surface area contributed by atoms with Crippen LogP contribution in [0.15, 0.2) is 42.5 Å². The van der Waals surface area contributed by atoms with Crippen molar-refractivity contribution >= 4 is 0 Å². The molecular formula is C16H18. The molecule has 0 aromatic heterocycles. The summed E-state index contributed by atoms with van der Waals surface area (Å²) in [5, 5.41) is 0. The molecule has 0 fully saturated rings.